The fraction of sp³-hybridized carbons (Fsp3) is 0.900. The molecule has 0 aliphatic carbocycles. The molecular weight excluding hydrogens is 475 g/mol. The second kappa shape index (κ2) is 15.5. The van der Waals surface area contributed by atoms with Crippen molar-refractivity contribution in [1.29, 1.82) is 0 Å². The van der Waals surface area contributed by atoms with E-state index in [1.165, 1.54) is 49.6 Å². The van der Waals surface area contributed by atoms with Crippen LogP contribution in [0.1, 0.15) is 72.1 Å². The summed E-state index contributed by atoms with van der Waals surface area (Å²) in [4.78, 5) is 25.0. The quantitative estimate of drug-likeness (QED) is 0.0547. The van der Waals surface area contributed by atoms with E-state index in [1.54, 1.807) is 0 Å². The molecule has 0 aromatic carbocycles. The monoisotopic (exact) mass is 515 g/mol. The van der Waals surface area contributed by atoms with Crippen molar-refractivity contribution in [1.82, 2.24) is 5.32 Å². The Morgan fingerprint density at radius 3 is 1.85 bits per heavy atom. The van der Waals surface area contributed by atoms with Gasteiger partial charge in [-0.15, -0.1) is 0 Å². The maximum atomic E-state index is 11.6. The average Bonchev–Trinajstić information content (AvgIpc) is 2.70. The zero-order valence-electron chi connectivity index (χ0n) is 19.9. The Morgan fingerprint density at radius 1 is 0.848 bits per heavy atom. The van der Waals surface area contributed by atoms with Crippen LogP contribution >= 0.6 is 7.81 Å². The van der Waals surface area contributed by atoms with Gasteiger partial charge in [-0.05, 0) is 59.3 Å². The molecule has 0 aliphatic heterocycles. The van der Waals surface area contributed by atoms with E-state index in [-0.39, 0.29) is 6.09 Å². The number of quaternary nitrogens is 1. The molecule has 1 N–H and O–H groups in total. The molecule has 0 aromatic rings. The summed E-state index contributed by atoms with van der Waals surface area (Å²) in [6.45, 7) is 13.4. The molecule has 0 aliphatic rings. The van der Waals surface area contributed by atoms with E-state index in [2.05, 4.69) is 31.1 Å². The summed E-state index contributed by atoms with van der Waals surface area (Å²) in [7, 11) is -10.7. The van der Waals surface area contributed by atoms with Gasteiger partial charge in [-0.25, -0.2) is 14.6 Å². The van der Waals surface area contributed by atoms with Gasteiger partial charge < -0.3 is 14.5 Å². The molecule has 33 heavy (non-hydrogen) atoms. The van der Waals surface area contributed by atoms with Crippen LogP contribution in [-0.2, 0) is 9.53 Å². The summed E-state index contributed by atoms with van der Waals surface area (Å²) in [5.74, 6) is 0. The van der Waals surface area contributed by atoms with E-state index in [4.69, 9.17) is 4.74 Å². The number of hydrogen-bond donors (Lipinski definition) is 1. The number of carbonyl (C=O) groups excluding carboxylic acids is 2. The van der Waals surface area contributed by atoms with Crippen LogP contribution in [0.4, 0.5) is 30.0 Å². The Morgan fingerprint density at radius 2 is 1.33 bits per heavy atom. The number of nitrogens with zero attached hydrogens (tertiary/aromatic N) is 2. The van der Waals surface area contributed by atoms with Gasteiger partial charge in [-0.2, -0.15) is 0 Å². The van der Waals surface area contributed by atoms with E-state index in [0.29, 0.717) is 19.7 Å². The number of alkyl carbamates (subject to hydrolysis) is 1. The Labute approximate surface area is 193 Å². The van der Waals surface area contributed by atoms with Gasteiger partial charge in [-0.1, -0.05) is 12.8 Å². The van der Waals surface area contributed by atoms with Gasteiger partial charge in [0.15, 0.2) is 0 Å². The van der Waals surface area contributed by atoms with Crippen LogP contribution in [-0.4, -0.2) is 62.5 Å². The molecule has 6 nitrogen and oxygen atoms in total. The van der Waals surface area contributed by atoms with Crippen LogP contribution in [0.15, 0.2) is 4.99 Å². The number of hydrogen-bond acceptors (Lipinski definition) is 4. The molecule has 0 saturated heterocycles. The van der Waals surface area contributed by atoms with Crippen LogP contribution < -0.4 is 5.32 Å². The predicted octanol–water partition coefficient (Wildman–Crippen LogP) is 7.43. The zero-order valence-corrected chi connectivity index (χ0v) is 20.8. The van der Waals surface area contributed by atoms with Crippen molar-refractivity contribution in [2.24, 2.45) is 4.99 Å². The van der Waals surface area contributed by atoms with Gasteiger partial charge in [-0.3, -0.25) is 0 Å². The molecule has 0 aromatic heterocycles. The van der Waals surface area contributed by atoms with Gasteiger partial charge in [0.25, 0.3) is 0 Å². The Hall–Kier alpha value is -1.38. The average molecular weight is 516 g/mol. The molecule has 200 valence electrons. The summed E-state index contributed by atoms with van der Waals surface area (Å²) in [5.41, 5.74) is 0. The standard InChI is InChI=1S/C20H39N3O3.F6P/c1-4-23(5-2,6-3)17-13-9-10-14-18-26-20(25)22-16-12-8-7-11-15-21-19-24;1-7(2,3,4,5)6/h4-18H2,1-3H3;/q;-1/p+1. The number of ether oxygens (including phenoxy) is 1. The van der Waals surface area contributed by atoms with E-state index < -0.39 is 7.81 Å². The number of aliphatic imine (C=N–C) groups is 1. The van der Waals surface area contributed by atoms with Crippen LogP contribution in [0.2, 0.25) is 0 Å². The minimum atomic E-state index is -10.7. The van der Waals surface area contributed by atoms with Gasteiger partial charge in [0.05, 0.1) is 39.3 Å². The Bertz CT molecular complexity index is 561. The van der Waals surface area contributed by atoms with Crippen molar-refractivity contribution in [3.05, 3.63) is 0 Å². The first-order valence-electron chi connectivity index (χ1n) is 11.4. The van der Waals surface area contributed by atoms with Gasteiger partial charge in [0, 0.05) is 6.54 Å². The van der Waals surface area contributed by atoms with E-state index in [0.717, 1.165) is 38.5 Å². The Kier molecular flexibility index (Phi) is 15.9. The van der Waals surface area contributed by atoms with Crippen LogP contribution in [0.3, 0.4) is 0 Å². The molecular formula is C20H40F6N3O3P. The topological polar surface area (TPSA) is 67.8 Å². The number of carbonyl (C=O) groups is 1. The first-order chi connectivity index (χ1) is 15.1. The fourth-order valence-corrected chi connectivity index (χ4v) is 3.17. The van der Waals surface area contributed by atoms with Crippen LogP contribution in [0.25, 0.3) is 0 Å². The number of isocyanates is 1. The number of nitrogens with one attached hydrogen (secondary N) is 1. The molecule has 0 fully saturated rings. The summed E-state index contributed by atoms with van der Waals surface area (Å²) in [6, 6.07) is 0. The van der Waals surface area contributed by atoms with Crippen molar-refractivity contribution in [3.63, 3.8) is 0 Å². The summed E-state index contributed by atoms with van der Waals surface area (Å²) in [6.07, 6.45) is 9.59. The summed E-state index contributed by atoms with van der Waals surface area (Å²) >= 11 is 0. The van der Waals surface area contributed by atoms with Gasteiger partial charge in [0.2, 0.25) is 6.08 Å². The number of unbranched alkanes of at least 4 members (excludes halogenated alkanes) is 6. The van der Waals surface area contributed by atoms with Crippen molar-refractivity contribution in [2.45, 2.75) is 72.1 Å². The maximum absolute atomic E-state index is 11.6. The Balaban J connectivity index is 0. The number of rotatable bonds is 17. The molecule has 1 amide bonds. The first-order valence-corrected chi connectivity index (χ1v) is 13.5. The summed E-state index contributed by atoms with van der Waals surface area (Å²) < 4.78 is 65.6. The zero-order chi connectivity index (χ0) is 25.9. The third-order valence-electron chi connectivity index (χ3n) is 5.30. The van der Waals surface area contributed by atoms with Gasteiger partial charge in [0.1, 0.15) is 0 Å². The van der Waals surface area contributed by atoms with Crippen LogP contribution in [0, 0.1) is 0 Å². The second-order valence-corrected chi connectivity index (χ2v) is 9.75. The van der Waals surface area contributed by atoms with E-state index in [9.17, 15) is 34.8 Å². The molecule has 0 bridgehead atoms. The first kappa shape index (κ1) is 33.8. The van der Waals surface area contributed by atoms with E-state index in [1.807, 2.05) is 0 Å². The third kappa shape index (κ3) is 30.6. The number of amides is 1. The molecule has 0 atom stereocenters. The fourth-order valence-electron chi connectivity index (χ4n) is 3.17. The van der Waals surface area contributed by atoms with Crippen molar-refractivity contribution < 1.29 is 44.0 Å². The summed E-state index contributed by atoms with van der Waals surface area (Å²) in [5, 5.41) is 2.78. The molecule has 13 heteroatoms. The molecule has 0 saturated carbocycles. The molecule has 0 unspecified atom stereocenters. The third-order valence-corrected chi connectivity index (χ3v) is 5.30. The molecule has 0 heterocycles. The van der Waals surface area contributed by atoms with Crippen molar-refractivity contribution in [3.8, 4) is 0 Å². The van der Waals surface area contributed by atoms with Crippen molar-refractivity contribution >= 4 is 20.0 Å². The molecule has 0 radical (unpaired) electrons. The predicted molar refractivity (Wildman–Crippen MR) is 120 cm³/mol. The number of halogens is 6. The molecule has 0 spiro atoms. The minimum absolute atomic E-state index is 0.311. The van der Waals surface area contributed by atoms with Gasteiger partial charge >= 0.3 is 39.1 Å². The van der Waals surface area contributed by atoms with E-state index >= 15 is 0 Å². The molecule has 0 rings (SSSR count). The second-order valence-electron chi connectivity index (χ2n) is 7.84. The SMILES string of the molecule is CC[N+](CC)(CC)CCCCCCOC(=O)NCCCCCCN=C=O.F[P-](F)(F)(F)(F)F. The van der Waals surface area contributed by atoms with Crippen LogP contribution in [0.5, 0.6) is 0 Å². The normalized spacial score (nSPS) is 13.6. The van der Waals surface area contributed by atoms with Crippen molar-refractivity contribution in [2.75, 3.05) is 45.9 Å².